The van der Waals surface area contributed by atoms with Crippen molar-refractivity contribution in [2.45, 2.75) is 38.6 Å². The molecule has 0 saturated carbocycles. The normalized spacial score (nSPS) is 16.7. The lowest BCUT2D eigenvalue weighted by Crippen LogP contribution is -2.20. The number of fused-ring (bicyclic) bond motifs is 1. The molecule has 4 rings (SSSR count). The van der Waals surface area contributed by atoms with E-state index in [4.69, 9.17) is 9.26 Å². The second-order valence-corrected chi connectivity index (χ2v) is 6.17. The molecule has 1 atom stereocenters. The Morgan fingerprint density at radius 1 is 1.36 bits per heavy atom. The number of nitrogens with zero attached hydrogens (tertiary/aromatic N) is 5. The van der Waals surface area contributed by atoms with Crippen LogP contribution in [0.4, 0.5) is 4.39 Å². The SMILES string of the molecule is COc1ccc(F)cc1Cc1noc(C2CCc3nc(C)nn3C2)n1. The lowest BCUT2D eigenvalue weighted by atomic mass is 10.00. The van der Waals surface area contributed by atoms with Crippen molar-refractivity contribution in [2.24, 2.45) is 0 Å². The molecular weight excluding hydrogens is 325 g/mol. The molecule has 1 aliphatic heterocycles. The van der Waals surface area contributed by atoms with Gasteiger partial charge in [-0.25, -0.2) is 14.1 Å². The predicted octanol–water partition coefficient (Wildman–Crippen LogP) is 2.44. The molecule has 0 N–H and O–H groups in total. The van der Waals surface area contributed by atoms with Gasteiger partial charge in [-0.3, -0.25) is 0 Å². The van der Waals surface area contributed by atoms with Crippen molar-refractivity contribution in [1.29, 1.82) is 0 Å². The summed E-state index contributed by atoms with van der Waals surface area (Å²) in [5.41, 5.74) is 0.688. The fraction of sp³-hybridized carbons (Fsp3) is 0.412. The van der Waals surface area contributed by atoms with Crippen molar-refractivity contribution in [1.82, 2.24) is 24.9 Å². The van der Waals surface area contributed by atoms with E-state index in [2.05, 4.69) is 20.2 Å². The van der Waals surface area contributed by atoms with Gasteiger partial charge >= 0.3 is 0 Å². The van der Waals surface area contributed by atoms with Gasteiger partial charge in [0.05, 0.1) is 19.6 Å². The van der Waals surface area contributed by atoms with Crippen molar-refractivity contribution in [3.63, 3.8) is 0 Å². The Kier molecular flexibility index (Phi) is 3.95. The third-order valence-electron chi connectivity index (χ3n) is 4.39. The lowest BCUT2D eigenvalue weighted by molar-refractivity contribution is 0.306. The van der Waals surface area contributed by atoms with E-state index in [1.54, 1.807) is 13.2 Å². The van der Waals surface area contributed by atoms with Crippen molar-refractivity contribution < 1.29 is 13.7 Å². The molecule has 0 bridgehead atoms. The zero-order valence-electron chi connectivity index (χ0n) is 14.1. The molecule has 0 aliphatic carbocycles. The van der Waals surface area contributed by atoms with E-state index >= 15 is 0 Å². The van der Waals surface area contributed by atoms with Crippen molar-refractivity contribution in [2.75, 3.05) is 7.11 Å². The number of benzene rings is 1. The van der Waals surface area contributed by atoms with Crippen molar-refractivity contribution in [3.05, 3.63) is 52.9 Å². The van der Waals surface area contributed by atoms with Crippen LogP contribution in [0.15, 0.2) is 22.7 Å². The average molecular weight is 343 g/mol. The summed E-state index contributed by atoms with van der Waals surface area (Å²) in [5.74, 6) is 3.28. The molecule has 130 valence electrons. The molecule has 25 heavy (non-hydrogen) atoms. The fourth-order valence-corrected chi connectivity index (χ4v) is 3.20. The Bertz CT molecular complexity index is 904. The van der Waals surface area contributed by atoms with E-state index in [1.807, 2.05) is 11.6 Å². The molecule has 0 radical (unpaired) electrons. The van der Waals surface area contributed by atoms with Crippen molar-refractivity contribution >= 4 is 0 Å². The first-order chi connectivity index (χ1) is 12.1. The van der Waals surface area contributed by atoms with Crippen LogP contribution in [0.2, 0.25) is 0 Å². The number of hydrogen-bond acceptors (Lipinski definition) is 6. The van der Waals surface area contributed by atoms with Gasteiger partial charge in [0, 0.05) is 18.4 Å². The Labute approximate surface area is 143 Å². The first kappa shape index (κ1) is 15.7. The molecule has 3 aromatic rings. The molecule has 8 heteroatoms. The molecular formula is C17H18FN5O2. The molecule has 1 aromatic carbocycles. The quantitative estimate of drug-likeness (QED) is 0.724. The Hall–Kier alpha value is -2.77. The minimum Gasteiger partial charge on any atom is -0.496 e. The molecule has 1 aliphatic rings. The largest absolute Gasteiger partial charge is 0.496 e. The molecule has 0 fully saturated rings. The highest BCUT2D eigenvalue weighted by atomic mass is 19.1. The Balaban J connectivity index is 1.52. The van der Waals surface area contributed by atoms with Crippen LogP contribution in [0, 0.1) is 12.7 Å². The van der Waals surface area contributed by atoms with E-state index in [0.29, 0.717) is 36.0 Å². The number of aromatic nitrogens is 5. The van der Waals surface area contributed by atoms with Crippen LogP contribution in [-0.4, -0.2) is 32.0 Å². The zero-order chi connectivity index (χ0) is 17.4. The summed E-state index contributed by atoms with van der Waals surface area (Å²) in [4.78, 5) is 8.90. The number of methoxy groups -OCH3 is 1. The maximum atomic E-state index is 13.5. The molecule has 1 unspecified atom stereocenters. The van der Waals surface area contributed by atoms with E-state index < -0.39 is 0 Å². The first-order valence-corrected chi connectivity index (χ1v) is 8.17. The van der Waals surface area contributed by atoms with Gasteiger partial charge in [0.1, 0.15) is 23.2 Å². The maximum absolute atomic E-state index is 13.5. The van der Waals surface area contributed by atoms with Gasteiger partial charge < -0.3 is 9.26 Å². The smallest absolute Gasteiger partial charge is 0.231 e. The summed E-state index contributed by atoms with van der Waals surface area (Å²) in [6, 6.07) is 4.39. The number of halogens is 1. The van der Waals surface area contributed by atoms with Gasteiger partial charge in [-0.1, -0.05) is 5.16 Å². The summed E-state index contributed by atoms with van der Waals surface area (Å²) >= 11 is 0. The highest BCUT2D eigenvalue weighted by molar-refractivity contribution is 5.35. The van der Waals surface area contributed by atoms with Gasteiger partial charge in [0.2, 0.25) is 5.89 Å². The number of aryl methyl sites for hydroxylation is 2. The summed E-state index contributed by atoms with van der Waals surface area (Å²) in [7, 11) is 1.55. The minimum absolute atomic E-state index is 0.115. The summed E-state index contributed by atoms with van der Waals surface area (Å²) in [5, 5.41) is 8.43. The zero-order valence-corrected chi connectivity index (χ0v) is 14.1. The standard InChI is InChI=1S/C17H18FN5O2/c1-10-19-16-6-3-11(9-23(16)21-10)17-20-15(22-25-17)8-12-7-13(18)4-5-14(12)24-2/h4-5,7,11H,3,6,8-9H2,1-2H3. The first-order valence-electron chi connectivity index (χ1n) is 8.17. The van der Waals surface area contributed by atoms with Crippen LogP contribution in [0.1, 0.15) is 41.3 Å². The summed E-state index contributed by atoms with van der Waals surface area (Å²) in [6.45, 7) is 2.57. The summed E-state index contributed by atoms with van der Waals surface area (Å²) in [6.07, 6.45) is 2.08. The van der Waals surface area contributed by atoms with E-state index in [0.717, 1.165) is 24.5 Å². The van der Waals surface area contributed by atoms with Crippen LogP contribution in [-0.2, 0) is 19.4 Å². The number of hydrogen-bond donors (Lipinski definition) is 0. The number of ether oxygens (including phenoxy) is 1. The predicted molar refractivity (Wildman–Crippen MR) is 85.9 cm³/mol. The van der Waals surface area contributed by atoms with Crippen LogP contribution < -0.4 is 4.74 Å². The average Bonchev–Trinajstić information content (AvgIpc) is 3.19. The second kappa shape index (κ2) is 6.27. The Morgan fingerprint density at radius 3 is 3.08 bits per heavy atom. The third kappa shape index (κ3) is 3.11. The maximum Gasteiger partial charge on any atom is 0.231 e. The highest BCUT2D eigenvalue weighted by Gasteiger charge is 2.26. The minimum atomic E-state index is -0.319. The third-order valence-corrected chi connectivity index (χ3v) is 4.39. The number of rotatable bonds is 4. The van der Waals surface area contributed by atoms with E-state index in [9.17, 15) is 4.39 Å². The molecule has 0 saturated heterocycles. The molecule has 0 amide bonds. The molecule has 0 spiro atoms. The fourth-order valence-electron chi connectivity index (χ4n) is 3.20. The monoisotopic (exact) mass is 343 g/mol. The van der Waals surface area contributed by atoms with Crippen LogP contribution in [0.25, 0.3) is 0 Å². The second-order valence-electron chi connectivity index (χ2n) is 6.17. The van der Waals surface area contributed by atoms with E-state index in [-0.39, 0.29) is 11.7 Å². The molecule has 3 heterocycles. The van der Waals surface area contributed by atoms with Gasteiger partial charge in [-0.15, -0.1) is 0 Å². The van der Waals surface area contributed by atoms with Gasteiger partial charge in [0.25, 0.3) is 0 Å². The van der Waals surface area contributed by atoms with Crippen LogP contribution in [0.3, 0.4) is 0 Å². The van der Waals surface area contributed by atoms with Crippen LogP contribution in [0.5, 0.6) is 5.75 Å². The van der Waals surface area contributed by atoms with Gasteiger partial charge in [-0.05, 0) is 31.5 Å². The highest BCUT2D eigenvalue weighted by Crippen LogP contribution is 2.28. The van der Waals surface area contributed by atoms with E-state index in [1.165, 1.54) is 12.1 Å². The summed E-state index contributed by atoms with van der Waals surface area (Å²) < 4.78 is 26.1. The van der Waals surface area contributed by atoms with Gasteiger partial charge in [0.15, 0.2) is 5.82 Å². The molecule has 7 nitrogen and oxygen atoms in total. The van der Waals surface area contributed by atoms with Gasteiger partial charge in [-0.2, -0.15) is 10.1 Å². The topological polar surface area (TPSA) is 78.9 Å². The lowest BCUT2D eigenvalue weighted by Gasteiger charge is -2.18. The Morgan fingerprint density at radius 2 is 2.24 bits per heavy atom. The molecule has 2 aromatic heterocycles. The van der Waals surface area contributed by atoms with Crippen molar-refractivity contribution in [3.8, 4) is 5.75 Å². The van der Waals surface area contributed by atoms with Crippen LogP contribution >= 0.6 is 0 Å².